The summed E-state index contributed by atoms with van der Waals surface area (Å²) in [5, 5.41) is 23.6. The fraction of sp³-hybridized carbons (Fsp3) is 0. The predicted octanol–water partition coefficient (Wildman–Crippen LogP) is 1.46. The molecular weight excluding hydrogens is 276 g/mol. The Morgan fingerprint density at radius 1 is 1.38 bits per heavy atom. The van der Waals surface area contributed by atoms with Gasteiger partial charge in [0.2, 0.25) is 0 Å². The number of nitrogens with zero attached hydrogens (tertiary/aromatic N) is 3. The van der Waals surface area contributed by atoms with Gasteiger partial charge >= 0.3 is 5.69 Å². The zero-order valence-electron chi connectivity index (χ0n) is 10.6. The van der Waals surface area contributed by atoms with Gasteiger partial charge in [-0.25, -0.2) is 5.43 Å². The molecule has 0 aliphatic carbocycles. The number of phenols is 1. The van der Waals surface area contributed by atoms with E-state index < -0.39 is 22.3 Å². The number of pyridine rings is 1. The van der Waals surface area contributed by atoms with Crippen LogP contribution in [0.25, 0.3) is 0 Å². The minimum Gasteiger partial charge on any atom is -0.502 e. The van der Waals surface area contributed by atoms with Crippen molar-refractivity contribution in [3.8, 4) is 5.75 Å². The van der Waals surface area contributed by atoms with Crippen LogP contribution in [0.4, 0.5) is 5.69 Å². The standard InChI is InChI=1S/C13H10N4O4/c18-12-5-4-9(7-11(12)17(20)21)8-15-16-13(19)10-3-1-2-6-14-10/h1-8,18H,(H,16,19)/b15-8+. The second-order valence-electron chi connectivity index (χ2n) is 3.92. The summed E-state index contributed by atoms with van der Waals surface area (Å²) in [6.45, 7) is 0. The minimum atomic E-state index is -0.709. The lowest BCUT2D eigenvalue weighted by Gasteiger charge is -1.99. The number of carbonyl (C=O) groups excluding carboxylic acids is 1. The van der Waals surface area contributed by atoms with E-state index in [-0.39, 0.29) is 5.69 Å². The molecule has 0 spiro atoms. The average Bonchev–Trinajstić information content (AvgIpc) is 2.49. The van der Waals surface area contributed by atoms with E-state index >= 15 is 0 Å². The monoisotopic (exact) mass is 286 g/mol. The van der Waals surface area contributed by atoms with Crippen LogP contribution in [0.3, 0.4) is 0 Å². The van der Waals surface area contributed by atoms with Crippen molar-refractivity contribution in [3.63, 3.8) is 0 Å². The van der Waals surface area contributed by atoms with Gasteiger partial charge in [-0.15, -0.1) is 0 Å². The first-order chi connectivity index (χ1) is 10.1. The van der Waals surface area contributed by atoms with E-state index in [1.807, 2.05) is 0 Å². The van der Waals surface area contributed by atoms with Crippen molar-refractivity contribution in [3.05, 3.63) is 64.0 Å². The van der Waals surface area contributed by atoms with Crippen LogP contribution in [0, 0.1) is 10.1 Å². The molecule has 0 saturated heterocycles. The number of hydrazone groups is 1. The fourth-order valence-corrected chi connectivity index (χ4v) is 1.49. The third kappa shape index (κ3) is 3.60. The van der Waals surface area contributed by atoms with E-state index in [0.29, 0.717) is 5.56 Å². The molecule has 2 N–H and O–H groups in total. The molecule has 0 unspecified atom stereocenters. The highest BCUT2D eigenvalue weighted by Gasteiger charge is 2.12. The van der Waals surface area contributed by atoms with Gasteiger partial charge in [0.1, 0.15) is 5.69 Å². The highest BCUT2D eigenvalue weighted by Crippen LogP contribution is 2.25. The van der Waals surface area contributed by atoms with Crippen molar-refractivity contribution in [2.75, 3.05) is 0 Å². The Kier molecular flexibility index (Phi) is 4.20. The summed E-state index contributed by atoms with van der Waals surface area (Å²) in [6.07, 6.45) is 2.70. The lowest BCUT2D eigenvalue weighted by molar-refractivity contribution is -0.385. The number of amides is 1. The highest BCUT2D eigenvalue weighted by molar-refractivity contribution is 5.93. The number of rotatable bonds is 4. The molecule has 0 bridgehead atoms. The van der Waals surface area contributed by atoms with Gasteiger partial charge < -0.3 is 5.11 Å². The maximum atomic E-state index is 11.6. The number of nitro groups is 1. The molecule has 0 radical (unpaired) electrons. The third-order valence-electron chi connectivity index (χ3n) is 2.47. The van der Waals surface area contributed by atoms with Crippen molar-refractivity contribution in [2.24, 2.45) is 5.10 Å². The number of nitro benzene ring substituents is 1. The summed E-state index contributed by atoms with van der Waals surface area (Å²) in [6, 6.07) is 8.62. The summed E-state index contributed by atoms with van der Waals surface area (Å²) in [7, 11) is 0. The Labute approximate surface area is 118 Å². The van der Waals surface area contributed by atoms with Crippen LogP contribution < -0.4 is 5.43 Å². The SMILES string of the molecule is O=C(N/N=C/c1ccc(O)c([N+](=O)[O-])c1)c1ccccn1. The first-order valence-electron chi connectivity index (χ1n) is 5.80. The highest BCUT2D eigenvalue weighted by atomic mass is 16.6. The second-order valence-corrected chi connectivity index (χ2v) is 3.92. The molecular formula is C13H10N4O4. The number of hydrogen-bond donors (Lipinski definition) is 2. The summed E-state index contributed by atoms with van der Waals surface area (Å²) in [5.74, 6) is -0.935. The fourth-order valence-electron chi connectivity index (χ4n) is 1.49. The molecule has 0 saturated carbocycles. The molecule has 1 heterocycles. The Morgan fingerprint density at radius 2 is 2.19 bits per heavy atom. The average molecular weight is 286 g/mol. The summed E-state index contributed by atoms with van der Waals surface area (Å²) in [4.78, 5) is 25.4. The van der Waals surface area contributed by atoms with Gasteiger partial charge in [0.15, 0.2) is 5.75 Å². The van der Waals surface area contributed by atoms with Crippen LogP contribution in [0.15, 0.2) is 47.7 Å². The smallest absolute Gasteiger partial charge is 0.311 e. The van der Waals surface area contributed by atoms with Crippen molar-refractivity contribution < 1.29 is 14.8 Å². The number of aromatic hydroxyl groups is 1. The maximum absolute atomic E-state index is 11.6. The Bertz CT molecular complexity index is 701. The first kappa shape index (κ1) is 14.1. The van der Waals surface area contributed by atoms with Gasteiger partial charge in [0.05, 0.1) is 11.1 Å². The Balaban J connectivity index is 2.07. The molecule has 1 aromatic heterocycles. The van der Waals surface area contributed by atoms with Gasteiger partial charge in [0.25, 0.3) is 5.91 Å². The topological polar surface area (TPSA) is 118 Å². The van der Waals surface area contributed by atoms with Crippen LogP contribution in [0.2, 0.25) is 0 Å². The number of benzene rings is 1. The molecule has 2 rings (SSSR count). The van der Waals surface area contributed by atoms with Crippen molar-refractivity contribution >= 4 is 17.8 Å². The van der Waals surface area contributed by atoms with Gasteiger partial charge in [-0.3, -0.25) is 19.9 Å². The maximum Gasteiger partial charge on any atom is 0.311 e. The zero-order chi connectivity index (χ0) is 15.2. The van der Waals surface area contributed by atoms with Crippen LogP contribution in [0.5, 0.6) is 5.75 Å². The molecule has 106 valence electrons. The van der Waals surface area contributed by atoms with Crippen LogP contribution >= 0.6 is 0 Å². The predicted molar refractivity (Wildman–Crippen MR) is 74.1 cm³/mol. The third-order valence-corrected chi connectivity index (χ3v) is 2.47. The molecule has 21 heavy (non-hydrogen) atoms. The molecule has 0 fully saturated rings. The molecule has 8 heteroatoms. The number of aromatic nitrogens is 1. The van der Waals surface area contributed by atoms with Crippen molar-refractivity contribution in [1.29, 1.82) is 0 Å². The minimum absolute atomic E-state index is 0.200. The van der Waals surface area contributed by atoms with Crippen molar-refractivity contribution in [2.45, 2.75) is 0 Å². The summed E-state index contributed by atoms with van der Waals surface area (Å²) < 4.78 is 0. The van der Waals surface area contributed by atoms with E-state index in [2.05, 4.69) is 15.5 Å². The Morgan fingerprint density at radius 3 is 2.86 bits per heavy atom. The van der Waals surface area contributed by atoms with Gasteiger partial charge in [-0.05, 0) is 24.3 Å². The molecule has 8 nitrogen and oxygen atoms in total. The molecule has 0 aliphatic rings. The number of phenolic OH excluding ortho intramolecular Hbond substituents is 1. The first-order valence-corrected chi connectivity index (χ1v) is 5.80. The summed E-state index contributed by atoms with van der Waals surface area (Å²) in [5.41, 5.74) is 2.37. The Hall–Kier alpha value is -3.29. The second kappa shape index (κ2) is 6.24. The molecule has 2 aromatic rings. The van der Waals surface area contributed by atoms with E-state index in [1.165, 1.54) is 30.6 Å². The number of nitrogens with one attached hydrogen (secondary N) is 1. The number of carbonyl (C=O) groups is 1. The van der Waals surface area contributed by atoms with Crippen LogP contribution in [-0.2, 0) is 0 Å². The summed E-state index contributed by atoms with van der Waals surface area (Å²) >= 11 is 0. The molecule has 1 amide bonds. The van der Waals surface area contributed by atoms with Gasteiger partial charge in [-0.1, -0.05) is 6.07 Å². The van der Waals surface area contributed by atoms with E-state index in [4.69, 9.17) is 0 Å². The van der Waals surface area contributed by atoms with Gasteiger partial charge in [-0.2, -0.15) is 5.10 Å². The zero-order valence-corrected chi connectivity index (χ0v) is 10.6. The number of hydrogen-bond acceptors (Lipinski definition) is 6. The quantitative estimate of drug-likeness (QED) is 0.501. The molecule has 1 aromatic carbocycles. The molecule has 0 aliphatic heterocycles. The molecule has 0 atom stereocenters. The van der Waals surface area contributed by atoms with E-state index in [1.54, 1.807) is 12.1 Å². The largest absolute Gasteiger partial charge is 0.502 e. The lowest BCUT2D eigenvalue weighted by Crippen LogP contribution is -2.18. The van der Waals surface area contributed by atoms with E-state index in [9.17, 15) is 20.0 Å². The van der Waals surface area contributed by atoms with E-state index in [0.717, 1.165) is 6.07 Å². The van der Waals surface area contributed by atoms with Crippen LogP contribution in [-0.4, -0.2) is 27.1 Å². The normalized spacial score (nSPS) is 10.5. The van der Waals surface area contributed by atoms with Crippen molar-refractivity contribution in [1.82, 2.24) is 10.4 Å². The lowest BCUT2D eigenvalue weighted by atomic mass is 10.2. The van der Waals surface area contributed by atoms with Crippen LogP contribution in [0.1, 0.15) is 16.1 Å². The van der Waals surface area contributed by atoms with Gasteiger partial charge in [0, 0.05) is 17.8 Å².